The number of hydrogen-bond acceptors (Lipinski definition) is 4. The number of methoxy groups -OCH3 is 1. The van der Waals surface area contributed by atoms with Gasteiger partial charge in [0.1, 0.15) is 11.5 Å². The Kier molecular flexibility index (Phi) is 9.56. The molecule has 4 nitrogen and oxygen atoms in total. The van der Waals surface area contributed by atoms with Crippen molar-refractivity contribution in [3.8, 4) is 11.5 Å². The van der Waals surface area contributed by atoms with Crippen LogP contribution >= 0.6 is 0 Å². The summed E-state index contributed by atoms with van der Waals surface area (Å²) in [6.07, 6.45) is 7.33. The van der Waals surface area contributed by atoms with Gasteiger partial charge in [-0.15, -0.1) is 0 Å². The lowest BCUT2D eigenvalue weighted by atomic mass is 9.70. The van der Waals surface area contributed by atoms with E-state index in [-0.39, 0.29) is 11.4 Å². The average Bonchev–Trinajstić information content (AvgIpc) is 2.94. The fourth-order valence-corrected chi connectivity index (χ4v) is 5.09. The molecule has 38 heavy (non-hydrogen) atoms. The molecule has 0 radical (unpaired) electrons. The van der Waals surface area contributed by atoms with Gasteiger partial charge < -0.3 is 14.6 Å². The number of benzene rings is 3. The molecular weight excluding hydrogens is 472 g/mol. The molecule has 0 spiro atoms. The summed E-state index contributed by atoms with van der Waals surface area (Å²) in [7, 11) is 1.37. The Balaban J connectivity index is 1.90. The van der Waals surface area contributed by atoms with E-state index in [4.69, 9.17) is 9.47 Å². The molecule has 0 atom stereocenters. The average molecular weight is 515 g/mol. The van der Waals surface area contributed by atoms with Gasteiger partial charge in [0.2, 0.25) is 0 Å². The number of aryl methyl sites for hydroxylation is 2. The smallest absolute Gasteiger partial charge is 0.337 e. The highest BCUT2D eigenvalue weighted by Gasteiger charge is 2.31. The van der Waals surface area contributed by atoms with Crippen LogP contribution in [0.15, 0.2) is 66.7 Å². The molecule has 0 saturated carbocycles. The van der Waals surface area contributed by atoms with Gasteiger partial charge in [0, 0.05) is 5.41 Å². The maximum atomic E-state index is 11.7. The highest BCUT2D eigenvalue weighted by atomic mass is 16.5. The van der Waals surface area contributed by atoms with Crippen LogP contribution in [0.1, 0.15) is 91.6 Å². The summed E-state index contributed by atoms with van der Waals surface area (Å²) in [6.45, 7) is 12.7. The van der Waals surface area contributed by atoms with Crippen molar-refractivity contribution in [2.24, 2.45) is 0 Å². The number of carbonyl (C=O) groups is 1. The van der Waals surface area contributed by atoms with E-state index < -0.39 is 5.60 Å². The maximum Gasteiger partial charge on any atom is 0.337 e. The third kappa shape index (κ3) is 6.19. The first-order valence-corrected chi connectivity index (χ1v) is 13.6. The summed E-state index contributed by atoms with van der Waals surface area (Å²) < 4.78 is 10.9. The molecule has 0 aliphatic carbocycles. The van der Waals surface area contributed by atoms with Gasteiger partial charge in [0.15, 0.2) is 0 Å². The first kappa shape index (κ1) is 29.2. The lowest BCUT2D eigenvalue weighted by Gasteiger charge is -2.34. The molecule has 3 aromatic rings. The summed E-state index contributed by atoms with van der Waals surface area (Å²) in [5.74, 6) is 1.09. The van der Waals surface area contributed by atoms with Crippen molar-refractivity contribution in [1.29, 1.82) is 0 Å². The molecule has 0 aliphatic heterocycles. The topological polar surface area (TPSA) is 55.8 Å². The molecule has 0 heterocycles. The van der Waals surface area contributed by atoms with Gasteiger partial charge >= 0.3 is 5.97 Å². The van der Waals surface area contributed by atoms with Crippen molar-refractivity contribution in [3.05, 3.63) is 100 Å². The van der Waals surface area contributed by atoms with Gasteiger partial charge in [-0.3, -0.25) is 0 Å². The molecule has 0 aromatic heterocycles. The molecule has 3 aromatic carbocycles. The summed E-state index contributed by atoms with van der Waals surface area (Å²) >= 11 is 0. The minimum Gasteiger partial charge on any atom is -0.465 e. The Labute approximate surface area is 228 Å². The summed E-state index contributed by atoms with van der Waals surface area (Å²) in [4.78, 5) is 11.7. The SMILES string of the molecule is CCC(O)(C=Cc1ccc(C(CC)(CC)c2ccc(Oc3ccc(C(=O)OC)cc3)c(C)c2)cc1C)CC. The third-order valence-corrected chi connectivity index (χ3v) is 8.06. The number of ether oxygens (including phenoxy) is 2. The maximum absolute atomic E-state index is 11.7. The van der Waals surface area contributed by atoms with E-state index in [0.29, 0.717) is 24.2 Å². The van der Waals surface area contributed by atoms with Crippen LogP contribution in [0.5, 0.6) is 11.5 Å². The van der Waals surface area contributed by atoms with Crippen molar-refractivity contribution in [3.63, 3.8) is 0 Å². The van der Waals surface area contributed by atoms with E-state index in [1.807, 2.05) is 26.0 Å². The van der Waals surface area contributed by atoms with Gasteiger partial charge in [-0.2, -0.15) is 0 Å². The van der Waals surface area contributed by atoms with Crippen LogP contribution in [-0.2, 0) is 10.2 Å². The second-order valence-electron chi connectivity index (χ2n) is 10.1. The van der Waals surface area contributed by atoms with Gasteiger partial charge in [0.05, 0.1) is 18.3 Å². The van der Waals surface area contributed by atoms with Crippen molar-refractivity contribution in [2.75, 3.05) is 7.11 Å². The van der Waals surface area contributed by atoms with Crippen LogP contribution in [0.2, 0.25) is 0 Å². The zero-order valence-corrected chi connectivity index (χ0v) is 23.9. The monoisotopic (exact) mass is 514 g/mol. The predicted molar refractivity (Wildman–Crippen MR) is 156 cm³/mol. The van der Waals surface area contributed by atoms with Crippen LogP contribution in [-0.4, -0.2) is 23.8 Å². The molecule has 0 unspecified atom stereocenters. The van der Waals surface area contributed by atoms with Crippen LogP contribution in [0.4, 0.5) is 0 Å². The summed E-state index contributed by atoms with van der Waals surface area (Å²) in [6, 6.07) is 20.1. The number of carbonyl (C=O) groups excluding carboxylic acids is 1. The standard InChI is InChI=1S/C34H42O4/c1-8-33(36,9-2)21-20-26-12-15-28(22-24(26)5)34(10-3,11-4)29-16-19-31(25(6)23-29)38-30-17-13-27(14-18-30)32(35)37-7/h12-23,36H,8-11H2,1-7H3. The molecule has 0 amide bonds. The van der Waals surface area contributed by atoms with E-state index in [1.165, 1.54) is 23.8 Å². The second kappa shape index (κ2) is 12.4. The second-order valence-corrected chi connectivity index (χ2v) is 10.1. The highest BCUT2D eigenvalue weighted by Crippen LogP contribution is 2.41. The minimum absolute atomic E-state index is 0.119. The number of rotatable bonds is 11. The van der Waals surface area contributed by atoms with Gasteiger partial charge in [-0.25, -0.2) is 4.79 Å². The van der Waals surface area contributed by atoms with Crippen LogP contribution in [0, 0.1) is 13.8 Å². The van der Waals surface area contributed by atoms with E-state index in [2.05, 4.69) is 64.1 Å². The Morgan fingerprint density at radius 3 is 1.89 bits per heavy atom. The van der Waals surface area contributed by atoms with Crippen molar-refractivity contribution < 1.29 is 19.4 Å². The number of esters is 1. The van der Waals surface area contributed by atoms with Crippen LogP contribution < -0.4 is 4.74 Å². The summed E-state index contributed by atoms with van der Waals surface area (Å²) in [5.41, 5.74) is 5.57. The summed E-state index contributed by atoms with van der Waals surface area (Å²) in [5, 5.41) is 10.7. The largest absolute Gasteiger partial charge is 0.465 e. The Morgan fingerprint density at radius 1 is 0.816 bits per heavy atom. The molecule has 0 bridgehead atoms. The van der Waals surface area contributed by atoms with Gasteiger partial charge in [-0.1, -0.05) is 70.2 Å². The molecular formula is C34H42O4. The van der Waals surface area contributed by atoms with Gasteiger partial charge in [0.25, 0.3) is 0 Å². The third-order valence-electron chi connectivity index (χ3n) is 8.06. The quantitative estimate of drug-likeness (QED) is 0.260. The number of aliphatic hydroxyl groups is 1. The predicted octanol–water partition coefficient (Wildman–Crippen LogP) is 8.55. The van der Waals surface area contributed by atoms with E-state index in [0.717, 1.165) is 29.7 Å². The molecule has 0 fully saturated rings. The van der Waals surface area contributed by atoms with Crippen molar-refractivity contribution >= 4 is 12.0 Å². The molecule has 0 aliphatic rings. The zero-order valence-electron chi connectivity index (χ0n) is 23.9. The molecule has 4 heteroatoms. The fraction of sp³-hybridized carbons (Fsp3) is 0.382. The van der Waals surface area contributed by atoms with Crippen molar-refractivity contribution in [2.45, 2.75) is 78.2 Å². The molecule has 1 N–H and O–H groups in total. The first-order valence-electron chi connectivity index (χ1n) is 13.6. The Morgan fingerprint density at radius 2 is 1.39 bits per heavy atom. The highest BCUT2D eigenvalue weighted by molar-refractivity contribution is 5.89. The first-order chi connectivity index (χ1) is 18.1. The molecule has 0 saturated heterocycles. The minimum atomic E-state index is -0.758. The lowest BCUT2D eigenvalue weighted by molar-refractivity contribution is 0.0600. The Hall–Kier alpha value is -3.37. The van der Waals surface area contributed by atoms with Crippen LogP contribution in [0.3, 0.4) is 0 Å². The normalized spacial score (nSPS) is 12.1. The fourth-order valence-electron chi connectivity index (χ4n) is 5.09. The molecule has 3 rings (SSSR count). The van der Waals surface area contributed by atoms with E-state index in [1.54, 1.807) is 24.3 Å². The van der Waals surface area contributed by atoms with Crippen LogP contribution in [0.25, 0.3) is 6.08 Å². The van der Waals surface area contributed by atoms with Crippen molar-refractivity contribution in [1.82, 2.24) is 0 Å². The van der Waals surface area contributed by atoms with Gasteiger partial charge in [-0.05, 0) is 97.7 Å². The zero-order chi connectivity index (χ0) is 27.9. The lowest BCUT2D eigenvalue weighted by Crippen LogP contribution is -2.26. The number of hydrogen-bond donors (Lipinski definition) is 1. The molecule has 202 valence electrons. The van der Waals surface area contributed by atoms with E-state index in [9.17, 15) is 9.90 Å². The van der Waals surface area contributed by atoms with E-state index >= 15 is 0 Å². The Bertz CT molecular complexity index is 1260.